The molecule has 2 aromatic rings. The molecule has 2 heterocycles. The second kappa shape index (κ2) is 9.16. The summed E-state index contributed by atoms with van der Waals surface area (Å²) in [5.74, 6) is 0.396. The van der Waals surface area contributed by atoms with Gasteiger partial charge in [0.1, 0.15) is 0 Å². The maximum Gasteiger partial charge on any atom is 0.223 e. The molecule has 1 aromatic carbocycles. The highest BCUT2D eigenvalue weighted by Gasteiger charge is 2.20. The molecule has 3 rings (SSSR count). The van der Waals surface area contributed by atoms with E-state index in [2.05, 4.69) is 45.3 Å². The van der Waals surface area contributed by atoms with Crippen molar-refractivity contribution in [1.29, 1.82) is 0 Å². The van der Waals surface area contributed by atoms with Gasteiger partial charge in [0.15, 0.2) is 0 Å². The third-order valence-electron chi connectivity index (χ3n) is 4.29. The van der Waals surface area contributed by atoms with Crippen LogP contribution in [-0.4, -0.2) is 30.5 Å². The third-order valence-corrected chi connectivity index (χ3v) is 5.07. The van der Waals surface area contributed by atoms with Crippen molar-refractivity contribution in [1.82, 2.24) is 15.6 Å². The Bertz CT molecular complexity index is 651. The average Bonchev–Trinajstić information content (AvgIpc) is 3.03. The van der Waals surface area contributed by atoms with Gasteiger partial charge in [-0.15, -0.1) is 23.7 Å². The summed E-state index contributed by atoms with van der Waals surface area (Å²) in [4.78, 5) is 16.6. The summed E-state index contributed by atoms with van der Waals surface area (Å²) in [5, 5.41) is 9.54. The first-order valence-corrected chi connectivity index (χ1v) is 9.10. The van der Waals surface area contributed by atoms with Gasteiger partial charge in [0, 0.05) is 23.4 Å². The first kappa shape index (κ1) is 18.9. The molecular formula is C18H24ClN3OS. The molecule has 0 bridgehead atoms. The van der Waals surface area contributed by atoms with Crippen molar-refractivity contribution >= 4 is 29.7 Å². The lowest BCUT2D eigenvalue weighted by atomic mass is 9.97. The first-order chi connectivity index (χ1) is 11.2. The van der Waals surface area contributed by atoms with Crippen molar-refractivity contribution in [3.8, 4) is 11.3 Å². The van der Waals surface area contributed by atoms with Gasteiger partial charge in [-0.2, -0.15) is 0 Å². The highest BCUT2D eigenvalue weighted by molar-refractivity contribution is 7.09. The molecule has 0 spiro atoms. The number of piperidine rings is 1. The molecule has 0 unspecified atom stereocenters. The van der Waals surface area contributed by atoms with Crippen LogP contribution >= 0.6 is 23.7 Å². The summed E-state index contributed by atoms with van der Waals surface area (Å²) in [6.45, 7) is 4.64. The number of nitrogens with zero attached hydrogens (tertiary/aromatic N) is 1. The molecule has 0 aliphatic carbocycles. The van der Waals surface area contributed by atoms with Crippen LogP contribution in [0.15, 0.2) is 29.6 Å². The predicted octanol–water partition coefficient (Wildman–Crippen LogP) is 3.20. The number of amides is 1. The van der Waals surface area contributed by atoms with Crippen LogP contribution in [0.5, 0.6) is 0 Å². The molecule has 0 atom stereocenters. The van der Waals surface area contributed by atoms with Gasteiger partial charge in [0.25, 0.3) is 0 Å². The van der Waals surface area contributed by atoms with Gasteiger partial charge < -0.3 is 10.6 Å². The van der Waals surface area contributed by atoms with E-state index in [1.165, 1.54) is 5.56 Å². The molecule has 4 nitrogen and oxygen atoms in total. The quantitative estimate of drug-likeness (QED) is 0.855. The second-order valence-corrected chi connectivity index (χ2v) is 7.08. The number of benzene rings is 1. The van der Waals surface area contributed by atoms with Crippen LogP contribution in [0.25, 0.3) is 11.3 Å². The van der Waals surface area contributed by atoms with Crippen LogP contribution in [-0.2, 0) is 11.2 Å². The summed E-state index contributed by atoms with van der Waals surface area (Å²) in [6.07, 6.45) is 2.77. The Balaban J connectivity index is 0.00000208. The lowest BCUT2D eigenvalue weighted by Gasteiger charge is -2.21. The number of halogens is 1. The summed E-state index contributed by atoms with van der Waals surface area (Å²) in [6, 6.07) is 8.47. The zero-order chi connectivity index (χ0) is 16.1. The number of aromatic nitrogens is 1. The van der Waals surface area contributed by atoms with Gasteiger partial charge in [0.2, 0.25) is 5.91 Å². The minimum atomic E-state index is 0. The van der Waals surface area contributed by atoms with E-state index in [1.54, 1.807) is 11.3 Å². The van der Waals surface area contributed by atoms with Crippen LogP contribution in [0, 0.1) is 12.8 Å². The molecule has 130 valence electrons. The Labute approximate surface area is 153 Å². The molecule has 2 N–H and O–H groups in total. The fourth-order valence-corrected chi connectivity index (χ4v) is 3.52. The lowest BCUT2D eigenvalue weighted by Crippen LogP contribution is -2.38. The van der Waals surface area contributed by atoms with E-state index < -0.39 is 0 Å². The number of carbonyl (C=O) groups is 1. The Kier molecular flexibility index (Phi) is 7.21. The van der Waals surface area contributed by atoms with E-state index >= 15 is 0 Å². The topological polar surface area (TPSA) is 54.0 Å². The summed E-state index contributed by atoms with van der Waals surface area (Å²) < 4.78 is 0. The Hall–Kier alpha value is -1.43. The summed E-state index contributed by atoms with van der Waals surface area (Å²) in [5.41, 5.74) is 3.43. The number of hydrogen-bond acceptors (Lipinski definition) is 4. The van der Waals surface area contributed by atoms with Gasteiger partial charge in [-0.3, -0.25) is 4.79 Å². The number of nitrogens with one attached hydrogen (secondary N) is 2. The third kappa shape index (κ3) is 5.03. The van der Waals surface area contributed by atoms with Crippen molar-refractivity contribution in [2.45, 2.75) is 26.2 Å². The molecule has 24 heavy (non-hydrogen) atoms. The van der Waals surface area contributed by atoms with Crippen molar-refractivity contribution < 1.29 is 4.79 Å². The van der Waals surface area contributed by atoms with Gasteiger partial charge in [-0.25, -0.2) is 4.98 Å². The normalized spacial score (nSPS) is 14.9. The Morgan fingerprint density at radius 3 is 2.62 bits per heavy atom. The zero-order valence-electron chi connectivity index (χ0n) is 13.9. The summed E-state index contributed by atoms with van der Waals surface area (Å²) in [7, 11) is 0. The molecule has 1 saturated heterocycles. The van der Waals surface area contributed by atoms with Crippen LogP contribution < -0.4 is 10.6 Å². The van der Waals surface area contributed by atoms with Crippen molar-refractivity contribution in [2.75, 3.05) is 19.6 Å². The van der Waals surface area contributed by atoms with E-state index in [9.17, 15) is 4.79 Å². The number of rotatable bonds is 5. The zero-order valence-corrected chi connectivity index (χ0v) is 15.5. The van der Waals surface area contributed by atoms with E-state index in [0.29, 0.717) is 6.54 Å². The van der Waals surface area contributed by atoms with Crippen molar-refractivity contribution in [2.24, 2.45) is 5.92 Å². The largest absolute Gasteiger partial charge is 0.356 e. The second-order valence-electron chi connectivity index (χ2n) is 6.01. The van der Waals surface area contributed by atoms with Gasteiger partial charge in [-0.1, -0.05) is 24.3 Å². The molecule has 1 aliphatic heterocycles. The fraction of sp³-hybridized carbons (Fsp3) is 0.444. The minimum Gasteiger partial charge on any atom is -0.356 e. The molecule has 1 aliphatic rings. The van der Waals surface area contributed by atoms with Crippen LogP contribution in [0.2, 0.25) is 0 Å². The maximum absolute atomic E-state index is 12.1. The van der Waals surface area contributed by atoms with Crippen LogP contribution in [0.4, 0.5) is 0 Å². The number of aryl methyl sites for hydroxylation is 1. The first-order valence-electron chi connectivity index (χ1n) is 8.22. The van der Waals surface area contributed by atoms with E-state index in [-0.39, 0.29) is 24.2 Å². The SMILES string of the molecule is Cc1nc(-c2ccc(CCNC(=O)C3CCNCC3)cc2)cs1.Cl. The standard InChI is InChI=1S/C18H23N3OS.ClH/c1-13-21-17(12-23-13)15-4-2-14(3-5-15)6-11-20-18(22)16-7-9-19-10-8-16;/h2-5,12,16,19H,6-11H2,1H3,(H,20,22);1H. The smallest absolute Gasteiger partial charge is 0.223 e. The maximum atomic E-state index is 12.1. The molecule has 6 heteroatoms. The highest BCUT2D eigenvalue weighted by atomic mass is 35.5. The summed E-state index contributed by atoms with van der Waals surface area (Å²) >= 11 is 1.67. The molecule has 0 saturated carbocycles. The van der Waals surface area contributed by atoms with E-state index in [4.69, 9.17) is 0 Å². The lowest BCUT2D eigenvalue weighted by molar-refractivity contribution is -0.125. The number of carbonyl (C=O) groups excluding carboxylic acids is 1. The van der Waals surface area contributed by atoms with E-state index in [1.807, 2.05) is 6.92 Å². The van der Waals surface area contributed by atoms with Crippen LogP contribution in [0.1, 0.15) is 23.4 Å². The Morgan fingerprint density at radius 2 is 2.00 bits per heavy atom. The van der Waals surface area contributed by atoms with Crippen LogP contribution in [0.3, 0.4) is 0 Å². The molecule has 0 radical (unpaired) electrons. The highest BCUT2D eigenvalue weighted by Crippen LogP contribution is 2.21. The van der Waals surface area contributed by atoms with Crippen molar-refractivity contribution in [3.63, 3.8) is 0 Å². The molecule has 1 aromatic heterocycles. The molecular weight excluding hydrogens is 342 g/mol. The monoisotopic (exact) mass is 365 g/mol. The average molecular weight is 366 g/mol. The predicted molar refractivity (Wildman–Crippen MR) is 102 cm³/mol. The van der Waals surface area contributed by atoms with Gasteiger partial charge in [-0.05, 0) is 44.8 Å². The van der Waals surface area contributed by atoms with Gasteiger partial charge >= 0.3 is 0 Å². The van der Waals surface area contributed by atoms with Crippen molar-refractivity contribution in [3.05, 3.63) is 40.2 Å². The molecule has 1 amide bonds. The minimum absolute atomic E-state index is 0. The molecule has 1 fully saturated rings. The number of hydrogen-bond donors (Lipinski definition) is 2. The number of thiazole rings is 1. The van der Waals surface area contributed by atoms with Gasteiger partial charge in [0.05, 0.1) is 10.7 Å². The Morgan fingerprint density at radius 1 is 1.29 bits per heavy atom. The fourth-order valence-electron chi connectivity index (χ4n) is 2.90. The van der Waals surface area contributed by atoms with E-state index in [0.717, 1.165) is 48.6 Å².